The maximum absolute atomic E-state index is 11.9. The summed E-state index contributed by atoms with van der Waals surface area (Å²) in [5, 5.41) is 9.87. The average molecular weight is 254 g/mol. The molecule has 5 nitrogen and oxygen atoms in total. The van der Waals surface area contributed by atoms with E-state index in [2.05, 4.69) is 5.92 Å². The van der Waals surface area contributed by atoms with Gasteiger partial charge in [-0.2, -0.15) is 0 Å². The number of esters is 2. The van der Waals surface area contributed by atoms with Crippen LogP contribution >= 0.6 is 0 Å². The zero-order valence-electron chi connectivity index (χ0n) is 10.9. The smallest absolute Gasteiger partial charge is 0.325 e. The minimum absolute atomic E-state index is 0.0400. The van der Waals surface area contributed by atoms with Crippen LogP contribution < -0.4 is 0 Å². The van der Waals surface area contributed by atoms with Crippen molar-refractivity contribution in [3.8, 4) is 12.3 Å². The Bertz CT molecular complexity index is 387. The van der Waals surface area contributed by atoms with Crippen LogP contribution in [0.5, 0.6) is 0 Å². The zero-order valence-corrected chi connectivity index (χ0v) is 10.9. The van der Waals surface area contributed by atoms with Crippen molar-refractivity contribution in [2.45, 2.75) is 45.3 Å². The van der Waals surface area contributed by atoms with Crippen molar-refractivity contribution in [1.82, 2.24) is 0 Å². The van der Waals surface area contributed by atoms with E-state index in [0.717, 1.165) is 0 Å². The fraction of sp³-hybridized carbons (Fsp3) is 0.692. The Kier molecular flexibility index (Phi) is 4.02. The predicted octanol–water partition coefficient (Wildman–Crippen LogP) is 0.646. The maximum Gasteiger partial charge on any atom is 0.325 e. The molecule has 0 aromatic rings. The van der Waals surface area contributed by atoms with E-state index in [-0.39, 0.29) is 19.4 Å². The van der Waals surface area contributed by atoms with Gasteiger partial charge in [-0.25, -0.2) is 0 Å². The molecule has 1 aliphatic rings. The summed E-state index contributed by atoms with van der Waals surface area (Å²) in [4.78, 5) is 23.9. The molecule has 0 aromatic heterocycles. The van der Waals surface area contributed by atoms with Crippen LogP contribution in [0.4, 0.5) is 0 Å². The molecule has 1 rings (SSSR count). The number of ether oxygens (including phenoxy) is 2. The van der Waals surface area contributed by atoms with E-state index >= 15 is 0 Å². The Labute approximate surface area is 106 Å². The Balaban J connectivity index is 3.03. The van der Waals surface area contributed by atoms with Crippen LogP contribution in [-0.4, -0.2) is 35.4 Å². The molecule has 1 aliphatic heterocycles. The van der Waals surface area contributed by atoms with E-state index in [0.29, 0.717) is 0 Å². The number of rotatable bonds is 4. The van der Waals surface area contributed by atoms with Gasteiger partial charge in [0, 0.05) is 12.8 Å². The highest BCUT2D eigenvalue weighted by molar-refractivity contribution is 6.01. The average Bonchev–Trinajstić information content (AvgIpc) is 2.58. The van der Waals surface area contributed by atoms with Gasteiger partial charge in [0.1, 0.15) is 6.10 Å². The molecule has 0 spiro atoms. The van der Waals surface area contributed by atoms with Crippen molar-refractivity contribution in [1.29, 1.82) is 0 Å². The second-order valence-corrected chi connectivity index (χ2v) is 4.94. The minimum atomic E-state index is -1.48. The molecular weight excluding hydrogens is 236 g/mol. The molecule has 1 N–H and O–H groups in total. The zero-order chi connectivity index (χ0) is 14.0. The highest BCUT2D eigenvalue weighted by Gasteiger charge is 2.58. The van der Waals surface area contributed by atoms with Gasteiger partial charge in [0.25, 0.3) is 0 Å². The van der Waals surface area contributed by atoms with Crippen molar-refractivity contribution in [2.75, 3.05) is 6.61 Å². The first kappa shape index (κ1) is 14.5. The van der Waals surface area contributed by atoms with Gasteiger partial charge in [-0.3, -0.25) is 9.59 Å². The first-order chi connectivity index (χ1) is 8.28. The van der Waals surface area contributed by atoms with Crippen molar-refractivity contribution < 1.29 is 24.2 Å². The van der Waals surface area contributed by atoms with E-state index in [9.17, 15) is 14.7 Å². The molecule has 2 unspecified atom stereocenters. The van der Waals surface area contributed by atoms with Crippen LogP contribution in [0.1, 0.15) is 33.6 Å². The summed E-state index contributed by atoms with van der Waals surface area (Å²) >= 11 is 0. The number of hydrogen-bond donors (Lipinski definition) is 1. The number of carbonyl (C=O) groups excluding carboxylic acids is 2. The van der Waals surface area contributed by atoms with E-state index in [1.807, 2.05) is 0 Å². The molecular formula is C13H18O5. The fourth-order valence-corrected chi connectivity index (χ4v) is 1.90. The second-order valence-electron chi connectivity index (χ2n) is 4.94. The van der Waals surface area contributed by atoms with Gasteiger partial charge in [-0.05, 0) is 20.8 Å². The van der Waals surface area contributed by atoms with Gasteiger partial charge < -0.3 is 14.6 Å². The normalized spacial score (nSPS) is 27.5. The fourth-order valence-electron chi connectivity index (χ4n) is 1.90. The van der Waals surface area contributed by atoms with Crippen molar-refractivity contribution in [3.05, 3.63) is 0 Å². The number of hydrogen-bond acceptors (Lipinski definition) is 5. The van der Waals surface area contributed by atoms with Crippen LogP contribution in [0.2, 0.25) is 0 Å². The van der Waals surface area contributed by atoms with Gasteiger partial charge in [0.2, 0.25) is 0 Å². The third-order valence-corrected chi connectivity index (χ3v) is 3.03. The summed E-state index contributed by atoms with van der Waals surface area (Å²) in [5.74, 6) is 0.911. The maximum atomic E-state index is 11.9. The summed E-state index contributed by atoms with van der Waals surface area (Å²) in [5.41, 5.74) is -2.70. The third kappa shape index (κ3) is 2.49. The first-order valence-corrected chi connectivity index (χ1v) is 5.82. The lowest BCUT2D eigenvalue weighted by Crippen LogP contribution is -2.39. The number of terminal acetylenes is 1. The number of aliphatic hydroxyl groups is 1. The van der Waals surface area contributed by atoms with Crippen molar-refractivity contribution in [2.24, 2.45) is 5.41 Å². The lowest BCUT2D eigenvalue weighted by molar-refractivity contribution is -0.166. The topological polar surface area (TPSA) is 72.8 Å². The van der Waals surface area contributed by atoms with Crippen LogP contribution in [0, 0.1) is 17.8 Å². The lowest BCUT2D eigenvalue weighted by atomic mass is 9.79. The molecule has 0 bridgehead atoms. The van der Waals surface area contributed by atoms with Crippen LogP contribution in [0.15, 0.2) is 0 Å². The summed E-state index contributed by atoms with van der Waals surface area (Å²) in [6, 6.07) is 0. The SMILES string of the molecule is C#CCC1(C(=O)OCC)CC(C(C)(C)O)OC1=O. The molecule has 2 atom stereocenters. The number of carbonyl (C=O) groups is 2. The van der Waals surface area contributed by atoms with Crippen LogP contribution in [-0.2, 0) is 19.1 Å². The summed E-state index contributed by atoms with van der Waals surface area (Å²) < 4.78 is 9.97. The summed E-state index contributed by atoms with van der Waals surface area (Å²) in [6.45, 7) is 4.84. The monoisotopic (exact) mass is 254 g/mol. The molecule has 0 aromatic carbocycles. The summed E-state index contributed by atoms with van der Waals surface area (Å²) in [6.07, 6.45) is 4.41. The molecule has 0 amide bonds. The van der Waals surface area contributed by atoms with Crippen molar-refractivity contribution >= 4 is 11.9 Å². The van der Waals surface area contributed by atoms with Gasteiger partial charge in [0.15, 0.2) is 5.41 Å². The molecule has 1 saturated heterocycles. The van der Waals surface area contributed by atoms with Gasteiger partial charge in [0.05, 0.1) is 12.2 Å². The standard InChI is InChI=1S/C13H18O5/c1-5-7-13(10(14)17-6-2)8-9(12(3,4)16)18-11(13)15/h1,9,16H,6-8H2,2-4H3. The quantitative estimate of drug-likeness (QED) is 0.453. The van der Waals surface area contributed by atoms with Crippen molar-refractivity contribution in [3.63, 3.8) is 0 Å². The molecule has 1 fully saturated rings. The highest BCUT2D eigenvalue weighted by Crippen LogP contribution is 2.41. The molecule has 18 heavy (non-hydrogen) atoms. The van der Waals surface area contributed by atoms with Gasteiger partial charge in [-0.15, -0.1) is 12.3 Å². The number of cyclic esters (lactones) is 1. The Morgan fingerprint density at radius 1 is 1.72 bits per heavy atom. The van der Waals surface area contributed by atoms with E-state index in [4.69, 9.17) is 15.9 Å². The largest absolute Gasteiger partial charge is 0.465 e. The summed E-state index contributed by atoms with van der Waals surface area (Å²) in [7, 11) is 0. The van der Waals surface area contributed by atoms with E-state index in [1.54, 1.807) is 6.92 Å². The Hall–Kier alpha value is -1.54. The second kappa shape index (κ2) is 4.99. The third-order valence-electron chi connectivity index (χ3n) is 3.03. The van der Waals surface area contributed by atoms with Crippen LogP contribution in [0.25, 0.3) is 0 Å². The lowest BCUT2D eigenvalue weighted by Gasteiger charge is -2.24. The Morgan fingerprint density at radius 3 is 2.72 bits per heavy atom. The molecule has 0 radical (unpaired) electrons. The highest BCUT2D eigenvalue weighted by atomic mass is 16.6. The molecule has 5 heteroatoms. The van der Waals surface area contributed by atoms with Gasteiger partial charge >= 0.3 is 11.9 Å². The minimum Gasteiger partial charge on any atom is -0.465 e. The Morgan fingerprint density at radius 2 is 2.33 bits per heavy atom. The molecule has 0 saturated carbocycles. The van der Waals surface area contributed by atoms with Gasteiger partial charge in [-0.1, -0.05) is 0 Å². The first-order valence-electron chi connectivity index (χ1n) is 5.82. The molecule has 100 valence electrons. The van der Waals surface area contributed by atoms with E-state index < -0.39 is 29.1 Å². The molecule has 0 aliphatic carbocycles. The molecule has 1 heterocycles. The van der Waals surface area contributed by atoms with E-state index in [1.165, 1.54) is 13.8 Å². The van der Waals surface area contributed by atoms with Crippen LogP contribution in [0.3, 0.4) is 0 Å². The predicted molar refractivity (Wildman–Crippen MR) is 63.3 cm³/mol.